The van der Waals surface area contributed by atoms with Gasteiger partial charge in [0, 0.05) is 12.5 Å². The number of nitrogens with one attached hydrogen (secondary N) is 2. The van der Waals surface area contributed by atoms with E-state index in [1.165, 1.54) is 0 Å². The molecule has 2 N–H and O–H groups in total. The summed E-state index contributed by atoms with van der Waals surface area (Å²) in [6.45, 7) is 10.6. The van der Waals surface area contributed by atoms with E-state index in [0.29, 0.717) is 6.54 Å². The van der Waals surface area contributed by atoms with Crippen LogP contribution in [0.4, 0.5) is 0 Å². The minimum atomic E-state index is -0.525. The van der Waals surface area contributed by atoms with Crippen LogP contribution in [0.1, 0.15) is 40.2 Å². The summed E-state index contributed by atoms with van der Waals surface area (Å²) in [5, 5.41) is 5.69. The van der Waals surface area contributed by atoms with Crippen molar-refractivity contribution in [1.29, 1.82) is 0 Å². The van der Waals surface area contributed by atoms with Crippen molar-refractivity contribution in [1.82, 2.24) is 10.6 Å². The maximum atomic E-state index is 12.3. The van der Waals surface area contributed by atoms with Crippen LogP contribution in [0, 0.1) is 16.7 Å². The van der Waals surface area contributed by atoms with E-state index in [0.717, 1.165) is 5.56 Å². The highest BCUT2D eigenvalue weighted by molar-refractivity contribution is 5.90. The lowest BCUT2D eigenvalue weighted by atomic mass is 10.0. The molecule has 2 amide bonds. The van der Waals surface area contributed by atoms with Gasteiger partial charge < -0.3 is 10.6 Å². The van der Waals surface area contributed by atoms with Crippen LogP contribution in [0.25, 0.3) is 0 Å². The van der Waals surface area contributed by atoms with Crippen LogP contribution in [0.15, 0.2) is 30.3 Å². The first-order valence-corrected chi connectivity index (χ1v) is 7.80. The molecule has 0 aliphatic heterocycles. The molecule has 0 radical (unpaired) electrons. The van der Waals surface area contributed by atoms with Crippen LogP contribution >= 0.6 is 0 Å². The summed E-state index contributed by atoms with van der Waals surface area (Å²) < 4.78 is 0. The van der Waals surface area contributed by atoms with Crippen molar-refractivity contribution in [3.63, 3.8) is 0 Å². The highest BCUT2D eigenvalue weighted by atomic mass is 16.2. The fraction of sp³-hybridized carbons (Fsp3) is 0.556. The number of benzene rings is 1. The summed E-state index contributed by atoms with van der Waals surface area (Å²) in [7, 11) is 0. The third-order valence-electron chi connectivity index (χ3n) is 5.34. The number of hydrogen-bond donors (Lipinski definition) is 2. The van der Waals surface area contributed by atoms with E-state index >= 15 is 0 Å². The first-order valence-electron chi connectivity index (χ1n) is 7.80. The lowest BCUT2D eigenvalue weighted by molar-refractivity contribution is -0.130. The highest BCUT2D eigenvalue weighted by Gasteiger charge is 2.68. The Morgan fingerprint density at radius 3 is 2.14 bits per heavy atom. The minimum absolute atomic E-state index is 0.0165. The Labute approximate surface area is 132 Å². The van der Waals surface area contributed by atoms with Gasteiger partial charge in [0.2, 0.25) is 11.8 Å². The Balaban J connectivity index is 1.83. The second kappa shape index (κ2) is 5.75. The van der Waals surface area contributed by atoms with E-state index in [9.17, 15) is 9.59 Å². The molecule has 1 fully saturated rings. The van der Waals surface area contributed by atoms with E-state index in [2.05, 4.69) is 38.3 Å². The third-order valence-corrected chi connectivity index (χ3v) is 5.34. The largest absolute Gasteiger partial charge is 0.350 e. The molecule has 0 heterocycles. The minimum Gasteiger partial charge on any atom is -0.350 e. The Bertz CT molecular complexity index is 550. The summed E-state index contributed by atoms with van der Waals surface area (Å²) in [6, 6.07) is 9.20. The molecule has 0 aromatic heterocycles. The van der Waals surface area contributed by atoms with Crippen LogP contribution in [-0.2, 0) is 16.1 Å². The Hall–Kier alpha value is -1.84. The number of rotatable bonds is 5. The second-order valence-electron chi connectivity index (χ2n) is 7.31. The fourth-order valence-corrected chi connectivity index (χ4v) is 3.15. The van der Waals surface area contributed by atoms with Crippen molar-refractivity contribution in [2.45, 2.75) is 47.2 Å². The van der Waals surface area contributed by atoms with Gasteiger partial charge in [-0.05, 0) is 23.3 Å². The van der Waals surface area contributed by atoms with E-state index < -0.39 is 6.04 Å². The van der Waals surface area contributed by atoms with Crippen molar-refractivity contribution in [2.75, 3.05) is 0 Å². The van der Waals surface area contributed by atoms with Gasteiger partial charge in [-0.25, -0.2) is 0 Å². The zero-order valence-corrected chi connectivity index (χ0v) is 14.1. The normalized spacial score (nSPS) is 20.0. The van der Waals surface area contributed by atoms with Crippen molar-refractivity contribution in [3.8, 4) is 0 Å². The van der Waals surface area contributed by atoms with Gasteiger partial charge in [0.1, 0.15) is 6.04 Å². The molecule has 2 rings (SSSR count). The van der Waals surface area contributed by atoms with Crippen LogP contribution in [-0.4, -0.2) is 17.9 Å². The second-order valence-corrected chi connectivity index (χ2v) is 7.31. The highest BCUT2D eigenvalue weighted by Crippen LogP contribution is 2.68. The molecule has 1 saturated carbocycles. The van der Waals surface area contributed by atoms with Gasteiger partial charge in [0.15, 0.2) is 0 Å². The van der Waals surface area contributed by atoms with Crippen molar-refractivity contribution in [3.05, 3.63) is 35.9 Å². The predicted octanol–water partition coefficient (Wildman–Crippen LogP) is 2.49. The van der Waals surface area contributed by atoms with Crippen LogP contribution in [0.2, 0.25) is 0 Å². The number of carbonyl (C=O) groups is 2. The maximum absolute atomic E-state index is 12.3. The topological polar surface area (TPSA) is 58.2 Å². The SMILES string of the molecule is C[C@H](NC(=O)C1C(C)(C)C1(C)C)C(=O)NCc1ccccc1. The van der Waals surface area contributed by atoms with E-state index in [1.54, 1.807) is 6.92 Å². The number of hydrogen-bond acceptors (Lipinski definition) is 2. The average Bonchev–Trinajstić information content (AvgIpc) is 2.87. The molecule has 1 aromatic carbocycles. The molecule has 0 bridgehead atoms. The van der Waals surface area contributed by atoms with Gasteiger partial charge in [0.05, 0.1) is 0 Å². The Morgan fingerprint density at radius 2 is 1.64 bits per heavy atom. The van der Waals surface area contributed by atoms with Crippen LogP contribution < -0.4 is 10.6 Å². The average molecular weight is 302 g/mol. The van der Waals surface area contributed by atoms with Crippen molar-refractivity contribution in [2.24, 2.45) is 16.7 Å². The standard InChI is InChI=1S/C18H26N2O2/c1-12(15(21)19-11-13-9-7-6-8-10-13)20-16(22)14-17(2,3)18(14,4)5/h6-10,12,14H,11H2,1-5H3,(H,19,21)(H,20,22)/t12-/m0/s1. The molecule has 0 saturated heterocycles. The Kier molecular flexibility index (Phi) is 4.32. The zero-order chi connectivity index (χ0) is 16.5. The molecule has 0 unspecified atom stereocenters. The van der Waals surface area contributed by atoms with E-state index in [-0.39, 0.29) is 28.6 Å². The molecule has 120 valence electrons. The monoisotopic (exact) mass is 302 g/mol. The molecule has 1 atom stereocenters. The zero-order valence-electron chi connectivity index (χ0n) is 14.1. The van der Waals surface area contributed by atoms with Gasteiger partial charge in [-0.2, -0.15) is 0 Å². The first kappa shape index (κ1) is 16.5. The molecular formula is C18H26N2O2. The van der Waals surface area contributed by atoms with Crippen LogP contribution in [0.3, 0.4) is 0 Å². The lowest BCUT2D eigenvalue weighted by Gasteiger charge is -2.15. The Morgan fingerprint density at radius 1 is 1.09 bits per heavy atom. The fourth-order valence-electron chi connectivity index (χ4n) is 3.15. The third kappa shape index (κ3) is 3.01. The smallest absolute Gasteiger partial charge is 0.242 e. The molecule has 4 nitrogen and oxygen atoms in total. The molecule has 1 aromatic rings. The molecule has 1 aliphatic carbocycles. The first-order chi connectivity index (χ1) is 10.2. The number of amides is 2. The summed E-state index contributed by atoms with van der Waals surface area (Å²) in [4.78, 5) is 24.4. The summed E-state index contributed by atoms with van der Waals surface area (Å²) >= 11 is 0. The lowest BCUT2D eigenvalue weighted by Crippen LogP contribution is -2.45. The molecule has 0 spiro atoms. The maximum Gasteiger partial charge on any atom is 0.242 e. The van der Waals surface area contributed by atoms with Crippen molar-refractivity contribution >= 4 is 11.8 Å². The quantitative estimate of drug-likeness (QED) is 0.878. The van der Waals surface area contributed by atoms with Gasteiger partial charge in [-0.15, -0.1) is 0 Å². The number of carbonyl (C=O) groups excluding carboxylic acids is 2. The van der Waals surface area contributed by atoms with Gasteiger partial charge in [0.25, 0.3) is 0 Å². The van der Waals surface area contributed by atoms with Crippen molar-refractivity contribution < 1.29 is 9.59 Å². The van der Waals surface area contributed by atoms with Crippen LogP contribution in [0.5, 0.6) is 0 Å². The summed E-state index contributed by atoms with van der Waals surface area (Å²) in [5.74, 6) is -0.227. The molecule has 22 heavy (non-hydrogen) atoms. The van der Waals surface area contributed by atoms with Gasteiger partial charge in [-0.1, -0.05) is 58.0 Å². The van der Waals surface area contributed by atoms with Gasteiger partial charge >= 0.3 is 0 Å². The van der Waals surface area contributed by atoms with Gasteiger partial charge in [-0.3, -0.25) is 9.59 Å². The molecular weight excluding hydrogens is 276 g/mol. The summed E-state index contributed by atoms with van der Waals surface area (Å²) in [5.41, 5.74) is 1.01. The molecule has 1 aliphatic rings. The summed E-state index contributed by atoms with van der Waals surface area (Å²) in [6.07, 6.45) is 0. The molecule has 4 heteroatoms. The van der Waals surface area contributed by atoms with E-state index in [1.807, 2.05) is 30.3 Å². The van der Waals surface area contributed by atoms with E-state index in [4.69, 9.17) is 0 Å². The predicted molar refractivity (Wildman–Crippen MR) is 86.9 cm³/mol.